The number of hydrogen-bond acceptors (Lipinski definition) is 3. The predicted octanol–water partition coefficient (Wildman–Crippen LogP) is 3.79. The summed E-state index contributed by atoms with van der Waals surface area (Å²) in [5.74, 6) is 0.767. The normalized spacial score (nSPS) is 34.5. The van der Waals surface area contributed by atoms with Crippen molar-refractivity contribution < 1.29 is 14.4 Å². The Balaban J connectivity index is 1.25. The van der Waals surface area contributed by atoms with Crippen LogP contribution in [0.4, 0.5) is 5.69 Å². The van der Waals surface area contributed by atoms with Crippen LogP contribution in [0.1, 0.15) is 18.4 Å². The molecule has 28 heavy (non-hydrogen) atoms. The second kappa shape index (κ2) is 6.42. The average molecular weight is 464 g/mol. The molecular weight excluding hydrogens is 444 g/mol. The number of amides is 3. The molecule has 2 bridgehead atoms. The summed E-state index contributed by atoms with van der Waals surface area (Å²) in [6, 6.07) is 3.53. The van der Waals surface area contributed by atoms with Crippen LogP contribution in [0.3, 0.4) is 0 Å². The number of benzene rings is 1. The highest BCUT2D eigenvalue weighted by atomic mass is 79.9. The molecule has 1 saturated heterocycles. The average Bonchev–Trinajstić information content (AvgIpc) is 3.43. The van der Waals surface area contributed by atoms with Crippen LogP contribution in [0.25, 0.3) is 0 Å². The number of allylic oxidation sites excluding steroid dienone is 2. The van der Waals surface area contributed by atoms with E-state index >= 15 is 0 Å². The van der Waals surface area contributed by atoms with E-state index in [-0.39, 0.29) is 54.4 Å². The Morgan fingerprint density at radius 3 is 2.39 bits per heavy atom. The summed E-state index contributed by atoms with van der Waals surface area (Å²) in [4.78, 5) is 39.6. The molecule has 5 nitrogen and oxygen atoms in total. The molecule has 6 rings (SSSR count). The molecular formula is C21H20BrClN2O3. The first-order valence-corrected chi connectivity index (χ1v) is 10.8. The minimum atomic E-state index is -0.235. The summed E-state index contributed by atoms with van der Waals surface area (Å²) in [6.07, 6.45) is 5.54. The van der Waals surface area contributed by atoms with Crippen LogP contribution >= 0.6 is 27.5 Å². The summed E-state index contributed by atoms with van der Waals surface area (Å²) >= 11 is 9.46. The molecule has 0 radical (unpaired) electrons. The van der Waals surface area contributed by atoms with Gasteiger partial charge in [-0.2, -0.15) is 0 Å². The van der Waals surface area contributed by atoms with Crippen molar-refractivity contribution in [3.63, 3.8) is 0 Å². The van der Waals surface area contributed by atoms with Crippen molar-refractivity contribution in [3.8, 4) is 0 Å². The molecule has 7 heteroatoms. The lowest BCUT2D eigenvalue weighted by Gasteiger charge is -2.37. The summed E-state index contributed by atoms with van der Waals surface area (Å²) in [6.45, 7) is 2.01. The minimum absolute atomic E-state index is 0.0830. The maximum absolute atomic E-state index is 12.9. The zero-order valence-corrected chi connectivity index (χ0v) is 17.7. The molecule has 1 heterocycles. The van der Waals surface area contributed by atoms with E-state index in [4.69, 9.17) is 11.6 Å². The molecule has 4 aliphatic carbocycles. The van der Waals surface area contributed by atoms with Crippen LogP contribution in [0.2, 0.25) is 5.02 Å². The summed E-state index contributed by atoms with van der Waals surface area (Å²) in [7, 11) is 0. The topological polar surface area (TPSA) is 66.5 Å². The van der Waals surface area contributed by atoms with Crippen LogP contribution in [0.15, 0.2) is 28.8 Å². The summed E-state index contributed by atoms with van der Waals surface area (Å²) < 4.78 is 0.766. The molecule has 6 unspecified atom stereocenters. The number of nitrogens with zero attached hydrogens (tertiary/aromatic N) is 1. The maximum atomic E-state index is 12.9. The van der Waals surface area contributed by atoms with Crippen LogP contribution in [-0.4, -0.2) is 29.2 Å². The van der Waals surface area contributed by atoms with Gasteiger partial charge in [-0.25, -0.2) is 0 Å². The van der Waals surface area contributed by atoms with E-state index in [1.165, 1.54) is 4.90 Å². The Morgan fingerprint density at radius 1 is 1.18 bits per heavy atom. The van der Waals surface area contributed by atoms with Gasteiger partial charge in [0.05, 0.1) is 16.9 Å². The standard InChI is InChI=1S/C21H20BrClN2O3/c1-9-6-14(22)15(23)8-16(9)24-17(26)4-5-25-20(27)18-10-2-3-11(13-7-12(10)13)19(18)21(25)28/h2-3,6,8,10-13,18-19H,4-5,7H2,1H3,(H,24,26). The van der Waals surface area contributed by atoms with E-state index in [0.717, 1.165) is 16.5 Å². The maximum Gasteiger partial charge on any atom is 0.233 e. The lowest BCUT2D eigenvalue weighted by Crippen LogP contribution is -2.40. The molecule has 1 aromatic carbocycles. The number of rotatable bonds is 4. The summed E-state index contributed by atoms with van der Waals surface area (Å²) in [5.41, 5.74) is 1.51. The third kappa shape index (κ3) is 2.68. The SMILES string of the molecule is Cc1cc(Br)c(Cl)cc1NC(=O)CCN1C(=O)C2C3C=CC(C4CC34)C2C1=O. The van der Waals surface area contributed by atoms with Crippen LogP contribution < -0.4 is 5.32 Å². The molecule has 1 N–H and O–H groups in total. The molecule has 6 atom stereocenters. The molecule has 3 fully saturated rings. The van der Waals surface area contributed by atoms with E-state index in [0.29, 0.717) is 22.5 Å². The molecule has 3 amide bonds. The number of halogens is 2. The Hall–Kier alpha value is -1.66. The van der Waals surface area contributed by atoms with Gasteiger partial charge in [-0.05, 0) is 70.6 Å². The number of hydrogen-bond donors (Lipinski definition) is 1. The van der Waals surface area contributed by atoms with Crippen molar-refractivity contribution in [1.29, 1.82) is 0 Å². The number of carbonyl (C=O) groups is 3. The molecule has 1 aromatic rings. The van der Waals surface area contributed by atoms with Crippen LogP contribution in [0.5, 0.6) is 0 Å². The van der Waals surface area contributed by atoms with Gasteiger partial charge in [0, 0.05) is 23.1 Å². The number of aryl methyl sites for hydroxylation is 1. The number of nitrogens with one attached hydrogen (secondary N) is 1. The zero-order chi connectivity index (χ0) is 19.7. The Bertz CT molecular complexity index is 910. The van der Waals surface area contributed by atoms with Gasteiger partial charge in [0.15, 0.2) is 0 Å². The first-order valence-electron chi connectivity index (χ1n) is 9.66. The Labute approximate surface area is 176 Å². The third-order valence-corrected chi connectivity index (χ3v) is 8.06. The van der Waals surface area contributed by atoms with Gasteiger partial charge < -0.3 is 5.32 Å². The second-order valence-electron chi connectivity index (χ2n) is 8.36. The fraction of sp³-hybridized carbons (Fsp3) is 0.476. The fourth-order valence-electron chi connectivity index (χ4n) is 5.45. The number of likely N-dealkylation sites (tertiary alicyclic amines) is 1. The van der Waals surface area contributed by atoms with Crippen LogP contribution in [-0.2, 0) is 14.4 Å². The van der Waals surface area contributed by atoms with E-state index in [1.54, 1.807) is 6.07 Å². The fourth-order valence-corrected chi connectivity index (χ4v) is 6.07. The molecule has 1 aliphatic heterocycles. The lowest BCUT2D eigenvalue weighted by molar-refractivity contribution is -0.140. The second-order valence-corrected chi connectivity index (χ2v) is 9.62. The van der Waals surface area contributed by atoms with Crippen molar-refractivity contribution in [2.45, 2.75) is 19.8 Å². The van der Waals surface area contributed by atoms with Crippen molar-refractivity contribution in [2.75, 3.05) is 11.9 Å². The lowest BCUT2D eigenvalue weighted by atomic mass is 9.63. The van der Waals surface area contributed by atoms with Gasteiger partial charge in [-0.1, -0.05) is 23.8 Å². The van der Waals surface area contributed by atoms with Gasteiger partial charge in [0.1, 0.15) is 0 Å². The quantitative estimate of drug-likeness (QED) is 0.546. The number of carbonyl (C=O) groups excluding carboxylic acids is 3. The van der Waals surface area contributed by atoms with Crippen molar-refractivity contribution >= 4 is 50.9 Å². The van der Waals surface area contributed by atoms with Crippen molar-refractivity contribution in [3.05, 3.63) is 39.3 Å². The minimum Gasteiger partial charge on any atom is -0.326 e. The highest BCUT2D eigenvalue weighted by Gasteiger charge is 2.66. The van der Waals surface area contributed by atoms with Crippen molar-refractivity contribution in [2.24, 2.45) is 35.5 Å². The van der Waals surface area contributed by atoms with Gasteiger partial charge in [-0.3, -0.25) is 19.3 Å². The van der Waals surface area contributed by atoms with Crippen molar-refractivity contribution in [1.82, 2.24) is 4.90 Å². The van der Waals surface area contributed by atoms with E-state index < -0.39 is 0 Å². The van der Waals surface area contributed by atoms with E-state index in [9.17, 15) is 14.4 Å². The highest BCUT2D eigenvalue weighted by Crippen LogP contribution is 2.65. The van der Waals surface area contributed by atoms with E-state index in [1.807, 2.05) is 13.0 Å². The van der Waals surface area contributed by atoms with Gasteiger partial charge in [0.2, 0.25) is 17.7 Å². The van der Waals surface area contributed by atoms with E-state index in [2.05, 4.69) is 33.4 Å². The van der Waals surface area contributed by atoms with Crippen LogP contribution in [0, 0.1) is 42.4 Å². The molecule has 2 saturated carbocycles. The Kier molecular flexibility index (Phi) is 4.22. The largest absolute Gasteiger partial charge is 0.326 e. The van der Waals surface area contributed by atoms with Gasteiger partial charge in [0.25, 0.3) is 0 Å². The molecule has 146 valence electrons. The first-order chi connectivity index (χ1) is 13.4. The number of imide groups is 1. The smallest absolute Gasteiger partial charge is 0.233 e. The van der Waals surface area contributed by atoms with Gasteiger partial charge in [-0.15, -0.1) is 0 Å². The number of anilines is 1. The first kappa shape index (κ1) is 18.4. The Morgan fingerprint density at radius 2 is 1.79 bits per heavy atom. The predicted molar refractivity (Wildman–Crippen MR) is 109 cm³/mol. The molecule has 0 aromatic heterocycles. The third-order valence-electron chi connectivity index (χ3n) is 6.86. The highest BCUT2D eigenvalue weighted by molar-refractivity contribution is 9.10. The monoisotopic (exact) mass is 462 g/mol. The summed E-state index contributed by atoms with van der Waals surface area (Å²) in [5, 5.41) is 3.34. The molecule has 5 aliphatic rings. The van der Waals surface area contributed by atoms with Gasteiger partial charge >= 0.3 is 0 Å². The molecule has 0 spiro atoms. The zero-order valence-electron chi connectivity index (χ0n) is 15.3.